The second-order valence-corrected chi connectivity index (χ2v) is 6.31. The van der Waals surface area contributed by atoms with Crippen LogP contribution in [-0.2, 0) is 4.74 Å². The van der Waals surface area contributed by atoms with Gasteiger partial charge in [0, 0.05) is 25.7 Å². The van der Waals surface area contributed by atoms with Crippen molar-refractivity contribution in [3.05, 3.63) is 29.8 Å². The number of nitrogens with one attached hydrogen (secondary N) is 1. The number of rotatable bonds is 1. The molecule has 7 heteroatoms. The van der Waals surface area contributed by atoms with Crippen molar-refractivity contribution in [3.8, 4) is 0 Å². The lowest BCUT2D eigenvalue weighted by Gasteiger charge is -2.46. The fraction of sp³-hybridized carbons (Fsp3) is 0.562. The lowest BCUT2D eigenvalue weighted by atomic mass is 9.89. The number of ether oxygens (including phenoxy) is 1. The number of carbonyl (C=O) groups is 1. The minimum absolute atomic E-state index is 0.0136. The Hall–Kier alpha value is -1.73. The molecule has 2 heterocycles. The van der Waals surface area contributed by atoms with E-state index in [0.717, 1.165) is 38.1 Å². The summed E-state index contributed by atoms with van der Waals surface area (Å²) in [5, 5.41) is 2.52. The smallest absolute Gasteiger partial charge is 0.322 e. The molecule has 126 valence electrons. The van der Waals surface area contributed by atoms with Crippen molar-refractivity contribution in [2.24, 2.45) is 0 Å². The van der Waals surface area contributed by atoms with Crippen LogP contribution in [-0.4, -0.2) is 61.3 Å². The molecule has 2 amide bonds. The number of hydrogen-bond donors (Lipinski definition) is 1. The summed E-state index contributed by atoms with van der Waals surface area (Å²) >= 11 is 0. The van der Waals surface area contributed by atoms with Gasteiger partial charge in [-0.3, -0.25) is 0 Å². The zero-order valence-electron chi connectivity index (χ0n) is 13.1. The fourth-order valence-corrected chi connectivity index (χ4v) is 3.13. The Kier molecular flexibility index (Phi) is 4.50. The van der Waals surface area contributed by atoms with Gasteiger partial charge in [0.1, 0.15) is 11.6 Å². The van der Waals surface area contributed by atoms with Crippen LogP contribution in [0.25, 0.3) is 0 Å². The number of benzene rings is 1. The van der Waals surface area contributed by atoms with Gasteiger partial charge in [-0.1, -0.05) is 0 Å². The molecule has 0 unspecified atom stereocenters. The molecule has 2 saturated heterocycles. The van der Waals surface area contributed by atoms with Gasteiger partial charge in [0.2, 0.25) is 0 Å². The summed E-state index contributed by atoms with van der Waals surface area (Å²) in [5.41, 5.74) is -0.316. The first-order chi connectivity index (χ1) is 11.0. The van der Waals surface area contributed by atoms with E-state index in [-0.39, 0.29) is 17.3 Å². The van der Waals surface area contributed by atoms with Crippen LogP contribution in [0.1, 0.15) is 12.8 Å². The number of nitrogens with zero attached hydrogens (tertiary/aromatic N) is 2. The van der Waals surface area contributed by atoms with E-state index in [4.69, 9.17) is 4.74 Å². The molecule has 0 atom stereocenters. The summed E-state index contributed by atoms with van der Waals surface area (Å²) in [6.07, 6.45) is 1.75. The molecule has 3 rings (SSSR count). The molecule has 1 N–H and O–H groups in total. The topological polar surface area (TPSA) is 44.8 Å². The van der Waals surface area contributed by atoms with Crippen molar-refractivity contribution in [2.45, 2.75) is 18.4 Å². The average molecular weight is 325 g/mol. The van der Waals surface area contributed by atoms with Gasteiger partial charge in [0.05, 0.1) is 24.4 Å². The standard InChI is InChI=1S/C16H21F2N3O2/c1-20-6-4-16(5-7-20)11-21(8-9-23-16)15(22)19-14-3-2-12(17)10-13(14)18/h2-3,10H,4-9,11H2,1H3,(H,19,22). The minimum Gasteiger partial charge on any atom is -0.371 e. The third-order valence-corrected chi connectivity index (χ3v) is 4.61. The van der Waals surface area contributed by atoms with E-state index in [1.807, 2.05) is 0 Å². The molecular formula is C16H21F2N3O2. The van der Waals surface area contributed by atoms with E-state index in [9.17, 15) is 13.6 Å². The molecule has 0 bridgehead atoms. The van der Waals surface area contributed by atoms with E-state index < -0.39 is 11.6 Å². The maximum Gasteiger partial charge on any atom is 0.322 e. The van der Waals surface area contributed by atoms with E-state index in [0.29, 0.717) is 19.7 Å². The quantitative estimate of drug-likeness (QED) is 0.862. The van der Waals surface area contributed by atoms with Crippen LogP contribution in [0.15, 0.2) is 18.2 Å². The maximum atomic E-state index is 13.7. The van der Waals surface area contributed by atoms with Gasteiger partial charge in [-0.2, -0.15) is 0 Å². The molecular weight excluding hydrogens is 304 g/mol. The lowest BCUT2D eigenvalue weighted by molar-refractivity contribution is -0.123. The third kappa shape index (κ3) is 3.61. The molecule has 2 aliphatic rings. The molecule has 2 aliphatic heterocycles. The molecule has 0 radical (unpaired) electrons. The van der Waals surface area contributed by atoms with Gasteiger partial charge >= 0.3 is 6.03 Å². The summed E-state index contributed by atoms with van der Waals surface area (Å²) in [6.45, 7) is 3.30. The van der Waals surface area contributed by atoms with E-state index in [1.54, 1.807) is 4.90 Å². The van der Waals surface area contributed by atoms with Crippen LogP contribution in [0.3, 0.4) is 0 Å². The number of halogens is 2. The molecule has 0 saturated carbocycles. The van der Waals surface area contributed by atoms with Crippen LogP contribution >= 0.6 is 0 Å². The number of morpholine rings is 1. The molecule has 1 aromatic carbocycles. The number of hydrogen-bond acceptors (Lipinski definition) is 3. The van der Waals surface area contributed by atoms with Crippen LogP contribution in [0.4, 0.5) is 19.3 Å². The largest absolute Gasteiger partial charge is 0.371 e. The molecule has 23 heavy (non-hydrogen) atoms. The first kappa shape index (κ1) is 16.1. The number of amides is 2. The van der Waals surface area contributed by atoms with Gasteiger partial charge in [0.15, 0.2) is 0 Å². The van der Waals surface area contributed by atoms with Crippen molar-refractivity contribution < 1.29 is 18.3 Å². The lowest BCUT2D eigenvalue weighted by Crippen LogP contribution is -2.58. The van der Waals surface area contributed by atoms with Gasteiger partial charge in [0.25, 0.3) is 0 Å². The maximum absolute atomic E-state index is 13.7. The highest BCUT2D eigenvalue weighted by molar-refractivity contribution is 5.89. The highest BCUT2D eigenvalue weighted by atomic mass is 19.1. The Labute approximate surface area is 134 Å². The fourth-order valence-electron chi connectivity index (χ4n) is 3.13. The highest BCUT2D eigenvalue weighted by Crippen LogP contribution is 2.30. The molecule has 5 nitrogen and oxygen atoms in total. The number of urea groups is 1. The Balaban J connectivity index is 1.65. The molecule has 0 aliphatic carbocycles. The monoisotopic (exact) mass is 325 g/mol. The summed E-state index contributed by atoms with van der Waals surface area (Å²) in [4.78, 5) is 16.3. The van der Waals surface area contributed by atoms with Crippen LogP contribution in [0, 0.1) is 11.6 Å². The van der Waals surface area contributed by atoms with E-state index >= 15 is 0 Å². The van der Waals surface area contributed by atoms with Crippen molar-refractivity contribution >= 4 is 11.7 Å². The van der Waals surface area contributed by atoms with E-state index in [1.165, 1.54) is 6.07 Å². The van der Waals surface area contributed by atoms with Crippen molar-refractivity contribution in [1.29, 1.82) is 0 Å². The number of carbonyl (C=O) groups excluding carboxylic acids is 1. The normalized spacial score (nSPS) is 21.4. The number of piperidine rings is 1. The Morgan fingerprint density at radius 2 is 2.00 bits per heavy atom. The molecule has 0 aromatic heterocycles. The predicted molar refractivity (Wildman–Crippen MR) is 82.4 cm³/mol. The predicted octanol–water partition coefficient (Wildman–Crippen LogP) is 2.29. The summed E-state index contributed by atoms with van der Waals surface area (Å²) in [5.74, 6) is -1.45. The van der Waals surface area contributed by atoms with Crippen molar-refractivity contribution in [2.75, 3.05) is 45.2 Å². The first-order valence-electron chi connectivity index (χ1n) is 7.81. The third-order valence-electron chi connectivity index (χ3n) is 4.61. The highest BCUT2D eigenvalue weighted by Gasteiger charge is 2.40. The number of anilines is 1. The van der Waals surface area contributed by atoms with Gasteiger partial charge in [-0.25, -0.2) is 13.6 Å². The Morgan fingerprint density at radius 1 is 1.26 bits per heavy atom. The minimum atomic E-state index is -0.777. The summed E-state index contributed by atoms with van der Waals surface area (Å²) < 4.78 is 32.5. The summed E-state index contributed by atoms with van der Waals surface area (Å²) in [7, 11) is 2.07. The summed E-state index contributed by atoms with van der Waals surface area (Å²) in [6, 6.07) is 2.73. The van der Waals surface area contributed by atoms with Crippen molar-refractivity contribution in [3.63, 3.8) is 0 Å². The van der Waals surface area contributed by atoms with E-state index in [2.05, 4.69) is 17.3 Å². The van der Waals surface area contributed by atoms with Gasteiger partial charge < -0.3 is 19.9 Å². The Morgan fingerprint density at radius 3 is 2.70 bits per heavy atom. The molecule has 1 aromatic rings. The number of likely N-dealkylation sites (tertiary alicyclic amines) is 1. The van der Waals surface area contributed by atoms with Crippen LogP contribution in [0.5, 0.6) is 0 Å². The van der Waals surface area contributed by atoms with Crippen LogP contribution in [0.2, 0.25) is 0 Å². The zero-order valence-corrected chi connectivity index (χ0v) is 13.1. The SMILES string of the molecule is CN1CCC2(CC1)CN(C(=O)Nc1ccc(F)cc1F)CCO2. The molecule has 1 spiro atoms. The Bertz CT molecular complexity index is 589. The van der Waals surface area contributed by atoms with Gasteiger partial charge in [-0.05, 0) is 32.0 Å². The average Bonchev–Trinajstić information content (AvgIpc) is 2.53. The van der Waals surface area contributed by atoms with Crippen LogP contribution < -0.4 is 5.32 Å². The second kappa shape index (κ2) is 6.41. The first-order valence-corrected chi connectivity index (χ1v) is 7.81. The van der Waals surface area contributed by atoms with Gasteiger partial charge in [-0.15, -0.1) is 0 Å². The zero-order chi connectivity index (χ0) is 16.4. The second-order valence-electron chi connectivity index (χ2n) is 6.31. The van der Waals surface area contributed by atoms with Crippen molar-refractivity contribution in [1.82, 2.24) is 9.80 Å². The molecule has 2 fully saturated rings.